The first-order chi connectivity index (χ1) is 23.8. The van der Waals surface area contributed by atoms with E-state index in [2.05, 4.69) is 45.7 Å². The fraction of sp³-hybridized carbons (Fsp3) is 0.314. The zero-order valence-corrected chi connectivity index (χ0v) is 27.6. The van der Waals surface area contributed by atoms with E-state index in [0.29, 0.717) is 39.0 Å². The van der Waals surface area contributed by atoms with Crippen LogP contribution in [0.1, 0.15) is 28.8 Å². The number of ether oxygens (including phenoxy) is 2. The molecule has 4 N–H and O–H groups in total. The van der Waals surface area contributed by atoms with Crippen LogP contribution in [0, 0.1) is 11.8 Å². The molecular formula is C35H35F4N7O4. The molecule has 262 valence electrons. The van der Waals surface area contributed by atoms with Crippen molar-refractivity contribution in [2.75, 3.05) is 51.4 Å². The summed E-state index contributed by atoms with van der Waals surface area (Å²) in [6, 6.07) is 9.30. The maximum Gasteiger partial charge on any atom is 0.405 e. The number of aryl methyl sites for hydroxylation is 1. The molecule has 0 saturated carbocycles. The number of alkyl halides is 3. The van der Waals surface area contributed by atoms with Gasteiger partial charge in [0, 0.05) is 37.6 Å². The summed E-state index contributed by atoms with van der Waals surface area (Å²) in [5, 5.41) is 4.71. The molecule has 4 aromatic rings. The monoisotopic (exact) mass is 693 g/mol. The SMILES string of the molecule is C=C(F)C(=O)Nc1ccc(-c2c(-c3ccc(C(=O)NCC(F)(F)F)c(OC)n3)c3c(N)ncc(C#CCOC4CCN(C)CC4)c3n2C)cc1. The molecular weight excluding hydrogens is 658 g/mol. The number of rotatable bonds is 9. The largest absolute Gasteiger partial charge is 0.480 e. The highest BCUT2D eigenvalue weighted by molar-refractivity contribution is 6.10. The molecule has 1 fully saturated rings. The molecule has 15 heteroatoms. The van der Waals surface area contributed by atoms with E-state index in [1.54, 1.807) is 37.5 Å². The standard InChI is InChI=1S/C35H35F4N7O4/c1-20(36)32(47)43-23-9-7-21(8-10-23)29-27(26-12-11-25(34(44-26)49-4)33(48)42-19-35(37,38)39)28-30(46(29)3)22(18-41-31(28)40)6-5-17-50-24-13-15-45(2)16-14-24/h7-12,18,24H,1,13-17,19H2,2-4H3,(H2,40,41)(H,42,48)(H,43,47). The maximum atomic E-state index is 13.3. The van der Waals surface area contributed by atoms with Gasteiger partial charge in [-0.2, -0.15) is 13.2 Å². The number of nitrogens with one attached hydrogen (secondary N) is 2. The predicted molar refractivity (Wildman–Crippen MR) is 181 cm³/mol. The summed E-state index contributed by atoms with van der Waals surface area (Å²) in [5.41, 5.74) is 9.67. The normalized spacial score (nSPS) is 13.8. The molecule has 0 spiro atoms. The predicted octanol–water partition coefficient (Wildman–Crippen LogP) is 5.07. The smallest absolute Gasteiger partial charge is 0.405 e. The molecule has 50 heavy (non-hydrogen) atoms. The van der Waals surface area contributed by atoms with Crippen molar-refractivity contribution in [2.24, 2.45) is 7.05 Å². The number of carbonyl (C=O) groups excluding carboxylic acids is 2. The lowest BCUT2D eigenvalue weighted by Gasteiger charge is -2.28. The Morgan fingerprint density at radius 1 is 1.12 bits per heavy atom. The molecule has 0 atom stereocenters. The van der Waals surface area contributed by atoms with Gasteiger partial charge in [0.2, 0.25) is 5.88 Å². The van der Waals surface area contributed by atoms with Crippen LogP contribution >= 0.6 is 0 Å². The van der Waals surface area contributed by atoms with Crippen LogP contribution < -0.4 is 21.1 Å². The lowest BCUT2D eigenvalue weighted by Crippen LogP contribution is -2.34. The van der Waals surface area contributed by atoms with Crippen molar-refractivity contribution in [1.29, 1.82) is 0 Å². The number of halogens is 4. The number of nitrogens with two attached hydrogens (primary N) is 1. The number of fused-ring (bicyclic) bond motifs is 1. The lowest BCUT2D eigenvalue weighted by molar-refractivity contribution is -0.123. The summed E-state index contributed by atoms with van der Waals surface area (Å²) >= 11 is 0. The number of nitrogens with zero attached hydrogens (tertiary/aromatic N) is 4. The van der Waals surface area contributed by atoms with E-state index in [4.69, 9.17) is 15.2 Å². The molecule has 1 saturated heterocycles. The van der Waals surface area contributed by atoms with Crippen LogP contribution in [0.4, 0.5) is 29.1 Å². The van der Waals surface area contributed by atoms with Crippen molar-refractivity contribution in [3.05, 3.63) is 66.1 Å². The molecule has 1 aliphatic rings. The Bertz CT molecular complexity index is 1990. The Hall–Kier alpha value is -5.46. The molecule has 0 unspecified atom stereocenters. The summed E-state index contributed by atoms with van der Waals surface area (Å²) in [5.74, 6) is 3.01. The fourth-order valence-electron chi connectivity index (χ4n) is 5.72. The van der Waals surface area contributed by atoms with Gasteiger partial charge in [0.15, 0.2) is 5.83 Å². The van der Waals surface area contributed by atoms with Gasteiger partial charge in [-0.05, 0) is 49.7 Å². The third kappa shape index (κ3) is 8.04. The summed E-state index contributed by atoms with van der Waals surface area (Å²) in [7, 11) is 5.11. The van der Waals surface area contributed by atoms with Crippen LogP contribution in [0.25, 0.3) is 33.4 Å². The van der Waals surface area contributed by atoms with Gasteiger partial charge in [-0.15, -0.1) is 0 Å². The molecule has 11 nitrogen and oxygen atoms in total. The Morgan fingerprint density at radius 3 is 2.46 bits per heavy atom. The average Bonchev–Trinajstić information content (AvgIpc) is 3.40. The second kappa shape index (κ2) is 15.0. The zero-order valence-electron chi connectivity index (χ0n) is 27.6. The van der Waals surface area contributed by atoms with Gasteiger partial charge in [0.25, 0.3) is 11.8 Å². The van der Waals surface area contributed by atoms with Gasteiger partial charge < -0.3 is 35.3 Å². The summed E-state index contributed by atoms with van der Waals surface area (Å²) in [6.07, 6.45) is -1.11. The van der Waals surface area contributed by atoms with E-state index in [0.717, 1.165) is 25.9 Å². The maximum absolute atomic E-state index is 13.3. The number of carbonyl (C=O) groups is 2. The summed E-state index contributed by atoms with van der Waals surface area (Å²) in [6.45, 7) is 3.58. The highest BCUT2D eigenvalue weighted by atomic mass is 19.4. The van der Waals surface area contributed by atoms with Crippen LogP contribution in [0.2, 0.25) is 0 Å². The summed E-state index contributed by atoms with van der Waals surface area (Å²) < 4.78 is 64.9. The molecule has 0 bridgehead atoms. The Morgan fingerprint density at radius 2 is 1.82 bits per heavy atom. The van der Waals surface area contributed by atoms with Crippen LogP contribution in [0.5, 0.6) is 5.88 Å². The van der Waals surface area contributed by atoms with E-state index in [-0.39, 0.29) is 35.7 Å². The van der Waals surface area contributed by atoms with Gasteiger partial charge in [0.05, 0.1) is 41.1 Å². The first-order valence-electron chi connectivity index (χ1n) is 15.5. The van der Waals surface area contributed by atoms with Gasteiger partial charge in [-0.3, -0.25) is 9.59 Å². The Balaban J connectivity index is 1.61. The van der Waals surface area contributed by atoms with Crippen LogP contribution in [-0.2, 0) is 16.6 Å². The van der Waals surface area contributed by atoms with Crippen molar-refractivity contribution in [3.8, 4) is 40.2 Å². The lowest BCUT2D eigenvalue weighted by atomic mass is 10.0. The number of amides is 2. The minimum atomic E-state index is -4.61. The van der Waals surface area contributed by atoms with E-state index in [1.807, 2.05) is 9.88 Å². The van der Waals surface area contributed by atoms with Crippen molar-refractivity contribution in [1.82, 2.24) is 24.8 Å². The number of nitrogen functional groups attached to an aromatic ring is 1. The molecule has 0 radical (unpaired) electrons. The van der Waals surface area contributed by atoms with Crippen molar-refractivity contribution >= 4 is 34.2 Å². The molecule has 5 rings (SSSR count). The van der Waals surface area contributed by atoms with E-state index < -0.39 is 30.4 Å². The topological polar surface area (TPSA) is 137 Å². The number of piperidine rings is 1. The molecule has 2 amide bonds. The minimum Gasteiger partial charge on any atom is -0.480 e. The molecule has 1 aromatic carbocycles. The number of likely N-dealkylation sites (tertiary alicyclic amines) is 1. The third-order valence-electron chi connectivity index (χ3n) is 8.18. The second-order valence-electron chi connectivity index (χ2n) is 11.7. The molecule has 1 aliphatic heterocycles. The number of hydrogen-bond acceptors (Lipinski definition) is 8. The van der Waals surface area contributed by atoms with E-state index >= 15 is 0 Å². The van der Waals surface area contributed by atoms with Gasteiger partial charge >= 0.3 is 6.18 Å². The van der Waals surface area contributed by atoms with Gasteiger partial charge in [-0.25, -0.2) is 14.4 Å². The highest BCUT2D eigenvalue weighted by Crippen LogP contribution is 2.43. The van der Waals surface area contributed by atoms with Gasteiger partial charge in [0.1, 0.15) is 24.5 Å². The quantitative estimate of drug-likeness (QED) is 0.126. The van der Waals surface area contributed by atoms with E-state index in [9.17, 15) is 27.2 Å². The number of pyridine rings is 2. The van der Waals surface area contributed by atoms with Crippen molar-refractivity contribution in [2.45, 2.75) is 25.1 Å². The van der Waals surface area contributed by atoms with Gasteiger partial charge in [-0.1, -0.05) is 30.6 Å². The number of anilines is 2. The van der Waals surface area contributed by atoms with Crippen LogP contribution in [0.15, 0.2) is 55.0 Å². The zero-order chi connectivity index (χ0) is 36.2. The third-order valence-corrected chi connectivity index (χ3v) is 8.18. The Kier molecular flexibility index (Phi) is 10.7. The first kappa shape index (κ1) is 35.8. The van der Waals surface area contributed by atoms with Crippen LogP contribution in [0.3, 0.4) is 0 Å². The fourth-order valence-corrected chi connectivity index (χ4v) is 5.72. The minimum absolute atomic E-state index is 0.119. The average molecular weight is 694 g/mol. The number of aromatic nitrogens is 3. The van der Waals surface area contributed by atoms with E-state index in [1.165, 1.54) is 19.2 Å². The highest BCUT2D eigenvalue weighted by Gasteiger charge is 2.30. The van der Waals surface area contributed by atoms with Crippen LogP contribution in [-0.4, -0.2) is 83.9 Å². The molecule has 3 aromatic heterocycles. The molecule has 4 heterocycles. The number of methoxy groups -OCH3 is 1. The number of benzene rings is 1. The Labute approximate surface area is 285 Å². The number of hydrogen-bond donors (Lipinski definition) is 3. The van der Waals surface area contributed by atoms with Crippen molar-refractivity contribution in [3.63, 3.8) is 0 Å². The van der Waals surface area contributed by atoms with Crippen molar-refractivity contribution < 1.29 is 36.6 Å². The first-order valence-corrected chi connectivity index (χ1v) is 15.5. The second-order valence-corrected chi connectivity index (χ2v) is 11.7. The summed E-state index contributed by atoms with van der Waals surface area (Å²) in [4.78, 5) is 35.7. The molecule has 0 aliphatic carbocycles.